The first-order valence-electron chi connectivity index (χ1n) is 7.69. The van der Waals surface area contributed by atoms with Crippen LogP contribution in [0.25, 0.3) is 0 Å². The highest BCUT2D eigenvalue weighted by molar-refractivity contribution is 8.15. The summed E-state index contributed by atoms with van der Waals surface area (Å²) in [5.74, 6) is -1.80. The maximum absolute atomic E-state index is 13.6. The lowest BCUT2D eigenvalue weighted by molar-refractivity contribution is -0.113. The molecule has 7 heteroatoms. The molecule has 0 radical (unpaired) electrons. The number of anilines is 2. The Morgan fingerprint density at radius 2 is 2.00 bits per heavy atom. The third kappa shape index (κ3) is 4.17. The van der Waals surface area contributed by atoms with Crippen LogP contribution in [0.2, 0.25) is 0 Å². The number of rotatable bonds is 3. The predicted octanol–water partition coefficient (Wildman–Crippen LogP) is 4.24. The second-order valence-corrected chi connectivity index (χ2v) is 7.07. The summed E-state index contributed by atoms with van der Waals surface area (Å²) in [5, 5.41) is 6.51. The molecule has 0 fully saturated rings. The van der Waals surface area contributed by atoms with Gasteiger partial charge in [0.25, 0.3) is 0 Å². The van der Waals surface area contributed by atoms with Crippen molar-refractivity contribution in [1.29, 1.82) is 0 Å². The summed E-state index contributed by atoms with van der Waals surface area (Å²) in [6, 6.07) is 10.8. The quantitative estimate of drug-likeness (QED) is 0.860. The molecule has 2 aromatic rings. The predicted molar refractivity (Wildman–Crippen MR) is 98.1 cm³/mol. The van der Waals surface area contributed by atoms with Crippen molar-refractivity contribution in [2.75, 3.05) is 16.4 Å². The van der Waals surface area contributed by atoms with Gasteiger partial charge in [-0.15, -0.1) is 0 Å². The molecular weight excluding hydrogens is 344 g/mol. The summed E-state index contributed by atoms with van der Waals surface area (Å²) in [5.41, 5.74) is 1.36. The van der Waals surface area contributed by atoms with Crippen molar-refractivity contribution < 1.29 is 13.6 Å². The molecule has 0 bridgehead atoms. The average molecular weight is 361 g/mol. The number of nitrogens with zero attached hydrogens (tertiary/aromatic N) is 1. The number of thioether (sulfide) groups is 1. The van der Waals surface area contributed by atoms with Gasteiger partial charge < -0.3 is 10.6 Å². The molecule has 1 aliphatic heterocycles. The Morgan fingerprint density at radius 1 is 1.24 bits per heavy atom. The molecular formula is C18H17F2N3OS. The Kier molecular flexibility index (Phi) is 4.76. The minimum absolute atomic E-state index is 0.0417. The van der Waals surface area contributed by atoms with Crippen molar-refractivity contribution in [3.63, 3.8) is 0 Å². The number of hydrogen-bond donors (Lipinski definition) is 2. The standard InChI is InChI=1S/C18H17F2N3OS/c1-18(2)22-14-6-4-3-5-12(14)17(23-18)25-10-16(24)21-15-8-7-11(19)9-13(15)20/h3-9,22H,10H2,1-2H3,(H,21,24). The van der Waals surface area contributed by atoms with Crippen molar-refractivity contribution in [1.82, 2.24) is 0 Å². The largest absolute Gasteiger partial charge is 0.361 e. The van der Waals surface area contributed by atoms with E-state index >= 15 is 0 Å². The van der Waals surface area contributed by atoms with Crippen LogP contribution in [0.4, 0.5) is 20.2 Å². The highest BCUT2D eigenvalue weighted by Crippen LogP contribution is 2.31. The molecule has 1 amide bonds. The number of para-hydroxylation sites is 1. The molecule has 0 saturated heterocycles. The summed E-state index contributed by atoms with van der Waals surface area (Å²) in [4.78, 5) is 16.7. The normalized spacial score (nSPS) is 15.0. The van der Waals surface area contributed by atoms with Gasteiger partial charge in [0.2, 0.25) is 5.91 Å². The van der Waals surface area contributed by atoms with E-state index in [1.807, 2.05) is 38.1 Å². The fourth-order valence-electron chi connectivity index (χ4n) is 2.47. The third-order valence-electron chi connectivity index (χ3n) is 3.52. The fraction of sp³-hybridized carbons (Fsp3) is 0.222. The van der Waals surface area contributed by atoms with Crippen LogP contribution in [-0.2, 0) is 4.79 Å². The van der Waals surface area contributed by atoms with Gasteiger partial charge in [-0.1, -0.05) is 30.0 Å². The van der Waals surface area contributed by atoms with E-state index in [2.05, 4.69) is 15.6 Å². The van der Waals surface area contributed by atoms with Crippen LogP contribution in [0.5, 0.6) is 0 Å². The van der Waals surface area contributed by atoms with E-state index in [-0.39, 0.29) is 17.3 Å². The Hall–Kier alpha value is -2.41. The molecule has 0 atom stereocenters. The highest BCUT2D eigenvalue weighted by Gasteiger charge is 2.26. The molecule has 1 aliphatic rings. The van der Waals surface area contributed by atoms with Crippen molar-refractivity contribution in [2.45, 2.75) is 19.5 Å². The van der Waals surface area contributed by atoms with Gasteiger partial charge in [0.1, 0.15) is 22.3 Å². The zero-order valence-corrected chi connectivity index (χ0v) is 14.6. The van der Waals surface area contributed by atoms with Crippen molar-refractivity contribution in [2.24, 2.45) is 4.99 Å². The number of hydrogen-bond acceptors (Lipinski definition) is 4. The van der Waals surface area contributed by atoms with E-state index in [1.165, 1.54) is 17.8 Å². The van der Waals surface area contributed by atoms with E-state index < -0.39 is 17.3 Å². The number of halogens is 2. The Labute approximate surface area is 148 Å². The smallest absolute Gasteiger partial charge is 0.234 e. The van der Waals surface area contributed by atoms with Gasteiger partial charge >= 0.3 is 0 Å². The van der Waals surface area contributed by atoms with E-state index in [9.17, 15) is 13.6 Å². The summed E-state index contributed by atoms with van der Waals surface area (Å²) >= 11 is 1.28. The van der Waals surface area contributed by atoms with Crippen LogP contribution in [0.1, 0.15) is 19.4 Å². The lowest BCUT2D eigenvalue weighted by Gasteiger charge is -2.30. The van der Waals surface area contributed by atoms with Crippen LogP contribution in [0.15, 0.2) is 47.5 Å². The zero-order valence-electron chi connectivity index (χ0n) is 13.8. The number of benzene rings is 2. The number of carbonyl (C=O) groups excluding carboxylic acids is 1. The molecule has 25 heavy (non-hydrogen) atoms. The van der Waals surface area contributed by atoms with Gasteiger partial charge in [-0.3, -0.25) is 9.79 Å². The van der Waals surface area contributed by atoms with Gasteiger partial charge in [0.05, 0.1) is 11.4 Å². The first-order valence-corrected chi connectivity index (χ1v) is 8.68. The Morgan fingerprint density at radius 3 is 2.76 bits per heavy atom. The van der Waals surface area contributed by atoms with Crippen molar-refractivity contribution >= 4 is 34.1 Å². The molecule has 0 aliphatic carbocycles. The zero-order chi connectivity index (χ0) is 18.0. The highest BCUT2D eigenvalue weighted by atomic mass is 32.2. The summed E-state index contributed by atoms with van der Waals surface area (Å²) in [6.45, 7) is 3.88. The molecule has 0 aromatic heterocycles. The minimum Gasteiger partial charge on any atom is -0.361 e. The Balaban J connectivity index is 1.70. The van der Waals surface area contributed by atoms with Gasteiger partial charge in [0.15, 0.2) is 0 Å². The maximum Gasteiger partial charge on any atom is 0.234 e. The van der Waals surface area contributed by atoms with Gasteiger partial charge in [-0.2, -0.15) is 0 Å². The average Bonchev–Trinajstić information content (AvgIpc) is 2.54. The van der Waals surface area contributed by atoms with Crippen LogP contribution in [-0.4, -0.2) is 22.4 Å². The molecule has 1 heterocycles. The monoisotopic (exact) mass is 361 g/mol. The molecule has 0 saturated carbocycles. The topological polar surface area (TPSA) is 53.5 Å². The summed E-state index contributed by atoms with van der Waals surface area (Å²) in [6.07, 6.45) is 0. The van der Waals surface area contributed by atoms with E-state index in [4.69, 9.17) is 0 Å². The number of amides is 1. The van der Waals surface area contributed by atoms with Crippen molar-refractivity contribution in [3.05, 3.63) is 59.7 Å². The molecule has 0 unspecified atom stereocenters. The van der Waals surface area contributed by atoms with Gasteiger partial charge in [0, 0.05) is 17.3 Å². The summed E-state index contributed by atoms with van der Waals surface area (Å²) in [7, 11) is 0. The van der Waals surface area contributed by atoms with E-state index in [1.54, 1.807) is 0 Å². The molecule has 2 N–H and O–H groups in total. The SMILES string of the molecule is CC1(C)N=C(SCC(=O)Nc2ccc(F)cc2F)c2ccccc2N1. The molecule has 130 valence electrons. The second kappa shape index (κ2) is 6.84. The fourth-order valence-corrected chi connectivity index (χ4v) is 3.44. The van der Waals surface area contributed by atoms with Crippen LogP contribution < -0.4 is 10.6 Å². The first-order chi connectivity index (χ1) is 11.8. The minimum atomic E-state index is -0.802. The summed E-state index contributed by atoms with van der Waals surface area (Å²) < 4.78 is 26.5. The lowest BCUT2D eigenvalue weighted by Crippen LogP contribution is -2.34. The van der Waals surface area contributed by atoms with Gasteiger partial charge in [-0.25, -0.2) is 8.78 Å². The van der Waals surface area contributed by atoms with Crippen LogP contribution >= 0.6 is 11.8 Å². The Bertz CT molecular complexity index is 852. The second-order valence-electron chi connectivity index (χ2n) is 6.11. The van der Waals surface area contributed by atoms with E-state index in [0.29, 0.717) is 0 Å². The number of aliphatic imine (C=N–C) groups is 1. The molecule has 3 rings (SSSR count). The first kappa shape index (κ1) is 17.4. The maximum atomic E-state index is 13.6. The number of nitrogens with one attached hydrogen (secondary N) is 2. The van der Waals surface area contributed by atoms with Crippen LogP contribution in [0.3, 0.4) is 0 Å². The van der Waals surface area contributed by atoms with Gasteiger partial charge in [-0.05, 0) is 32.0 Å². The third-order valence-corrected chi connectivity index (χ3v) is 4.52. The lowest BCUT2D eigenvalue weighted by atomic mass is 10.1. The molecule has 2 aromatic carbocycles. The van der Waals surface area contributed by atoms with Crippen LogP contribution in [0, 0.1) is 11.6 Å². The number of fused-ring (bicyclic) bond motifs is 1. The molecule has 0 spiro atoms. The van der Waals surface area contributed by atoms with Crippen molar-refractivity contribution in [3.8, 4) is 0 Å². The van der Waals surface area contributed by atoms with E-state index in [0.717, 1.165) is 28.4 Å². The molecule has 4 nitrogen and oxygen atoms in total. The number of carbonyl (C=O) groups is 1.